The van der Waals surface area contributed by atoms with Crippen LogP contribution in [0.15, 0.2) is 70.0 Å². The number of benzene rings is 3. The summed E-state index contributed by atoms with van der Waals surface area (Å²) in [6.07, 6.45) is 1.09. The molecule has 0 bridgehead atoms. The van der Waals surface area contributed by atoms with Crippen LogP contribution in [0.4, 0.5) is 10.1 Å². The highest BCUT2D eigenvalue weighted by atomic mass is 32.2. The molecule has 3 aromatic carbocycles. The molecule has 4 aromatic rings. The van der Waals surface area contributed by atoms with E-state index in [9.17, 15) is 17.6 Å². The molecule has 158 valence electrons. The molecule has 3 N–H and O–H groups in total. The predicted octanol–water partition coefficient (Wildman–Crippen LogP) is 4.25. The molecular formula is C23H19FN2O4S. The van der Waals surface area contributed by atoms with E-state index in [0.29, 0.717) is 22.1 Å². The average molecular weight is 438 g/mol. The standard InChI is InChI=1S/C23H19FN2O4S/c1-26-23(27)20-19-16(30-22(20)14-8-10-15(24)11-9-14)12-17(31(2,28)29)18(21(19)25)13-6-4-3-5-7-13/h3-12H,25H2,1-2H3,(H,26,27). The molecule has 8 heteroatoms. The quantitative estimate of drug-likeness (QED) is 0.464. The van der Waals surface area contributed by atoms with Crippen molar-refractivity contribution < 1.29 is 22.0 Å². The lowest BCUT2D eigenvalue weighted by atomic mass is 9.97. The Bertz CT molecular complexity index is 1410. The summed E-state index contributed by atoms with van der Waals surface area (Å²) >= 11 is 0. The van der Waals surface area contributed by atoms with Crippen LogP contribution in [0.25, 0.3) is 33.4 Å². The third-order valence-electron chi connectivity index (χ3n) is 5.01. The van der Waals surface area contributed by atoms with Gasteiger partial charge in [-0.25, -0.2) is 12.8 Å². The Labute approximate surface area is 178 Å². The van der Waals surface area contributed by atoms with Gasteiger partial charge in [0.2, 0.25) is 0 Å². The largest absolute Gasteiger partial charge is 0.455 e. The van der Waals surface area contributed by atoms with Gasteiger partial charge in [0, 0.05) is 30.5 Å². The number of nitrogens with two attached hydrogens (primary N) is 1. The van der Waals surface area contributed by atoms with E-state index in [1.165, 1.54) is 37.4 Å². The lowest BCUT2D eigenvalue weighted by Crippen LogP contribution is -2.18. The van der Waals surface area contributed by atoms with Gasteiger partial charge >= 0.3 is 0 Å². The first-order valence-corrected chi connectivity index (χ1v) is 11.2. The van der Waals surface area contributed by atoms with Gasteiger partial charge in [0.25, 0.3) is 5.91 Å². The highest BCUT2D eigenvalue weighted by Crippen LogP contribution is 2.44. The number of carbonyl (C=O) groups is 1. The number of nitrogens with one attached hydrogen (secondary N) is 1. The maximum absolute atomic E-state index is 13.4. The van der Waals surface area contributed by atoms with Gasteiger partial charge in [0.1, 0.15) is 17.2 Å². The molecule has 0 saturated carbocycles. The molecular weight excluding hydrogens is 419 g/mol. The van der Waals surface area contributed by atoms with Crippen molar-refractivity contribution in [2.24, 2.45) is 0 Å². The van der Waals surface area contributed by atoms with Crippen LogP contribution in [-0.2, 0) is 9.84 Å². The number of furan rings is 1. The lowest BCUT2D eigenvalue weighted by molar-refractivity contribution is 0.0964. The molecule has 31 heavy (non-hydrogen) atoms. The topological polar surface area (TPSA) is 102 Å². The monoisotopic (exact) mass is 438 g/mol. The van der Waals surface area contributed by atoms with Gasteiger partial charge < -0.3 is 15.5 Å². The second kappa shape index (κ2) is 7.55. The van der Waals surface area contributed by atoms with Crippen LogP contribution in [0.2, 0.25) is 0 Å². The Morgan fingerprint density at radius 3 is 2.26 bits per heavy atom. The summed E-state index contributed by atoms with van der Waals surface area (Å²) in [6, 6.07) is 15.7. The van der Waals surface area contributed by atoms with E-state index in [4.69, 9.17) is 10.2 Å². The average Bonchev–Trinajstić information content (AvgIpc) is 3.13. The number of amides is 1. The summed E-state index contributed by atoms with van der Waals surface area (Å²) in [4.78, 5) is 12.8. The third kappa shape index (κ3) is 3.55. The van der Waals surface area contributed by atoms with Crippen LogP contribution in [0.5, 0.6) is 0 Å². The third-order valence-corrected chi connectivity index (χ3v) is 6.13. The molecule has 0 aliphatic rings. The second-order valence-electron chi connectivity index (χ2n) is 7.07. The highest BCUT2D eigenvalue weighted by molar-refractivity contribution is 7.90. The van der Waals surface area contributed by atoms with E-state index in [0.717, 1.165) is 6.26 Å². The van der Waals surface area contributed by atoms with E-state index in [1.807, 2.05) is 0 Å². The number of fused-ring (bicyclic) bond motifs is 1. The molecule has 1 heterocycles. The first-order chi connectivity index (χ1) is 14.7. The number of hydrogen-bond donors (Lipinski definition) is 2. The molecule has 0 radical (unpaired) electrons. The first kappa shape index (κ1) is 20.6. The van der Waals surface area contributed by atoms with Crippen LogP contribution >= 0.6 is 0 Å². The predicted molar refractivity (Wildman–Crippen MR) is 118 cm³/mol. The maximum atomic E-state index is 13.4. The zero-order chi connectivity index (χ0) is 22.3. The van der Waals surface area contributed by atoms with E-state index < -0.39 is 21.6 Å². The molecule has 4 rings (SSSR count). The number of anilines is 1. The highest BCUT2D eigenvalue weighted by Gasteiger charge is 2.28. The van der Waals surface area contributed by atoms with Crippen LogP contribution in [0.3, 0.4) is 0 Å². The molecule has 1 amide bonds. The van der Waals surface area contributed by atoms with Gasteiger partial charge in [0.15, 0.2) is 9.84 Å². The van der Waals surface area contributed by atoms with E-state index >= 15 is 0 Å². The summed E-state index contributed by atoms with van der Waals surface area (Å²) in [5.74, 6) is -0.729. The SMILES string of the molecule is CNC(=O)c1c(-c2ccc(F)cc2)oc2cc(S(C)(=O)=O)c(-c3ccccc3)c(N)c12. The Balaban J connectivity index is 2.16. The Morgan fingerprint density at radius 2 is 1.68 bits per heavy atom. The summed E-state index contributed by atoms with van der Waals surface area (Å²) in [6.45, 7) is 0. The minimum absolute atomic E-state index is 0.00781. The van der Waals surface area contributed by atoms with Crippen molar-refractivity contribution in [1.82, 2.24) is 5.32 Å². The minimum Gasteiger partial charge on any atom is -0.455 e. The van der Waals surface area contributed by atoms with Crippen molar-refractivity contribution in [3.8, 4) is 22.5 Å². The van der Waals surface area contributed by atoms with Crippen molar-refractivity contribution in [3.05, 3.63) is 72.0 Å². The van der Waals surface area contributed by atoms with E-state index in [2.05, 4.69) is 5.32 Å². The normalized spacial score (nSPS) is 11.6. The van der Waals surface area contributed by atoms with Gasteiger partial charge in [0.05, 0.1) is 21.5 Å². The summed E-state index contributed by atoms with van der Waals surface area (Å²) in [5, 5.41) is 2.86. The number of carbonyl (C=O) groups excluding carboxylic acids is 1. The Hall–Kier alpha value is -3.65. The van der Waals surface area contributed by atoms with Crippen molar-refractivity contribution >= 4 is 32.4 Å². The fourth-order valence-corrected chi connectivity index (χ4v) is 4.53. The van der Waals surface area contributed by atoms with E-state index in [-0.39, 0.29) is 27.5 Å². The van der Waals surface area contributed by atoms with Crippen molar-refractivity contribution in [2.75, 3.05) is 19.0 Å². The van der Waals surface area contributed by atoms with Crippen LogP contribution in [0, 0.1) is 5.82 Å². The van der Waals surface area contributed by atoms with Crippen LogP contribution < -0.4 is 11.1 Å². The maximum Gasteiger partial charge on any atom is 0.255 e. The zero-order valence-corrected chi connectivity index (χ0v) is 17.6. The van der Waals surface area contributed by atoms with Crippen LogP contribution in [-0.4, -0.2) is 27.6 Å². The van der Waals surface area contributed by atoms with Crippen molar-refractivity contribution in [1.29, 1.82) is 0 Å². The number of sulfone groups is 1. The summed E-state index contributed by atoms with van der Waals surface area (Å²) < 4.78 is 44.5. The first-order valence-electron chi connectivity index (χ1n) is 9.35. The minimum atomic E-state index is -3.69. The molecule has 0 aliphatic carbocycles. The Kier molecular flexibility index (Phi) is 5.02. The molecule has 1 aromatic heterocycles. The number of nitrogen functional groups attached to an aromatic ring is 1. The number of hydrogen-bond acceptors (Lipinski definition) is 5. The molecule has 0 fully saturated rings. The van der Waals surface area contributed by atoms with Gasteiger partial charge in [-0.1, -0.05) is 30.3 Å². The van der Waals surface area contributed by atoms with Gasteiger partial charge in [-0.05, 0) is 29.8 Å². The second-order valence-corrected chi connectivity index (χ2v) is 9.05. The van der Waals surface area contributed by atoms with Crippen LogP contribution in [0.1, 0.15) is 10.4 Å². The smallest absolute Gasteiger partial charge is 0.255 e. The van der Waals surface area contributed by atoms with Gasteiger partial charge in [-0.2, -0.15) is 0 Å². The molecule has 0 unspecified atom stereocenters. The molecule has 0 aliphatic heterocycles. The number of halogens is 1. The summed E-state index contributed by atoms with van der Waals surface area (Å²) in [7, 11) is -2.22. The van der Waals surface area contributed by atoms with Crippen molar-refractivity contribution in [2.45, 2.75) is 4.90 Å². The fraction of sp³-hybridized carbons (Fsp3) is 0.0870. The Morgan fingerprint density at radius 1 is 1.03 bits per heavy atom. The zero-order valence-electron chi connectivity index (χ0n) is 16.8. The lowest BCUT2D eigenvalue weighted by Gasteiger charge is -2.13. The van der Waals surface area contributed by atoms with Crippen molar-refractivity contribution in [3.63, 3.8) is 0 Å². The van der Waals surface area contributed by atoms with Gasteiger partial charge in [-0.3, -0.25) is 4.79 Å². The molecule has 6 nitrogen and oxygen atoms in total. The summed E-state index contributed by atoms with van der Waals surface area (Å²) in [5.41, 5.74) is 8.25. The number of rotatable bonds is 4. The van der Waals surface area contributed by atoms with E-state index in [1.54, 1.807) is 30.3 Å². The molecule has 0 atom stereocenters. The van der Waals surface area contributed by atoms with Gasteiger partial charge in [-0.15, -0.1) is 0 Å². The fourth-order valence-electron chi connectivity index (χ4n) is 3.61. The molecule has 0 saturated heterocycles. The molecule has 0 spiro atoms.